The number of benzene rings is 1. The van der Waals surface area contributed by atoms with Crippen molar-refractivity contribution in [2.24, 2.45) is 0 Å². The molecule has 6 nitrogen and oxygen atoms in total. The summed E-state index contributed by atoms with van der Waals surface area (Å²) in [5.74, 6) is -1.44. The number of aromatic carboxylic acids is 1. The highest BCUT2D eigenvalue weighted by atomic mass is 16.4. The van der Waals surface area contributed by atoms with E-state index in [1.165, 1.54) is 12.3 Å². The number of fused-ring (bicyclic) bond motifs is 1. The van der Waals surface area contributed by atoms with E-state index < -0.39 is 5.97 Å². The maximum absolute atomic E-state index is 12.3. The topological polar surface area (TPSA) is 95.1 Å². The number of carboxylic acids is 1. The summed E-state index contributed by atoms with van der Waals surface area (Å²) in [7, 11) is 0. The molecule has 0 radical (unpaired) electrons. The second kappa shape index (κ2) is 5.09. The third kappa shape index (κ3) is 2.46. The molecule has 1 aromatic carbocycles. The fourth-order valence-electron chi connectivity index (χ4n) is 2.11. The monoisotopic (exact) mass is 281 g/mol. The number of carbonyl (C=O) groups excluding carboxylic acids is 1. The number of carboxylic acid groups (broad SMARTS) is 1. The Bertz CT molecular complexity index is 839. The normalized spacial score (nSPS) is 10.5. The lowest BCUT2D eigenvalue weighted by molar-refractivity contribution is 0.0690. The van der Waals surface area contributed by atoms with E-state index in [2.05, 4.69) is 15.3 Å². The van der Waals surface area contributed by atoms with E-state index in [1.54, 1.807) is 24.4 Å². The Morgan fingerprint density at radius 3 is 2.86 bits per heavy atom. The number of nitrogens with one attached hydrogen (secondary N) is 2. The van der Waals surface area contributed by atoms with Crippen LogP contribution in [0.4, 0.5) is 5.69 Å². The van der Waals surface area contributed by atoms with Crippen LogP contribution in [0.5, 0.6) is 0 Å². The van der Waals surface area contributed by atoms with Crippen molar-refractivity contribution in [2.75, 3.05) is 5.32 Å². The van der Waals surface area contributed by atoms with E-state index >= 15 is 0 Å². The van der Waals surface area contributed by atoms with Crippen LogP contribution in [-0.4, -0.2) is 27.0 Å². The number of pyridine rings is 1. The summed E-state index contributed by atoms with van der Waals surface area (Å²) in [6, 6.07) is 10.0. The smallest absolute Gasteiger partial charge is 0.354 e. The molecule has 0 fully saturated rings. The number of hydrogen-bond acceptors (Lipinski definition) is 3. The number of carbonyl (C=O) groups is 2. The Balaban J connectivity index is 1.91. The molecule has 0 aliphatic heterocycles. The highest BCUT2D eigenvalue weighted by Gasteiger charge is 2.12. The first kappa shape index (κ1) is 12.9. The molecular weight excluding hydrogens is 270 g/mol. The third-order valence-corrected chi connectivity index (χ3v) is 3.08. The summed E-state index contributed by atoms with van der Waals surface area (Å²) in [6.07, 6.45) is 3.10. The van der Waals surface area contributed by atoms with Gasteiger partial charge in [0.1, 0.15) is 5.69 Å². The van der Waals surface area contributed by atoms with Crippen LogP contribution in [0.1, 0.15) is 20.8 Å². The summed E-state index contributed by atoms with van der Waals surface area (Å²) in [5, 5.41) is 12.4. The molecule has 0 saturated heterocycles. The average Bonchev–Trinajstić information content (AvgIpc) is 2.95. The molecule has 3 N–H and O–H groups in total. The van der Waals surface area contributed by atoms with Gasteiger partial charge in [-0.2, -0.15) is 0 Å². The van der Waals surface area contributed by atoms with Gasteiger partial charge in [-0.1, -0.05) is 6.07 Å². The standard InChI is InChI=1S/C15H11N3O3/c19-14(11-2-1-3-12-10(11)5-7-16-12)18-9-4-6-17-13(8-9)15(20)21/h1-8,16H,(H,20,21)(H,17,18,19). The molecule has 0 bridgehead atoms. The Morgan fingerprint density at radius 1 is 1.19 bits per heavy atom. The molecule has 0 aliphatic rings. The molecule has 21 heavy (non-hydrogen) atoms. The molecular formula is C15H11N3O3. The maximum atomic E-state index is 12.3. The number of nitrogens with zero attached hydrogens (tertiary/aromatic N) is 1. The van der Waals surface area contributed by atoms with Crippen molar-refractivity contribution < 1.29 is 14.7 Å². The molecule has 104 valence electrons. The highest BCUT2D eigenvalue weighted by molar-refractivity contribution is 6.12. The molecule has 3 rings (SSSR count). The van der Waals surface area contributed by atoms with Gasteiger partial charge in [-0.15, -0.1) is 0 Å². The van der Waals surface area contributed by atoms with E-state index in [0.29, 0.717) is 11.3 Å². The largest absolute Gasteiger partial charge is 0.477 e. The predicted octanol–water partition coefficient (Wildman–Crippen LogP) is 2.51. The summed E-state index contributed by atoms with van der Waals surface area (Å²) in [5.41, 5.74) is 1.65. The van der Waals surface area contributed by atoms with E-state index in [0.717, 1.165) is 10.9 Å². The molecule has 2 aromatic heterocycles. The second-order valence-electron chi connectivity index (χ2n) is 4.43. The summed E-state index contributed by atoms with van der Waals surface area (Å²) in [6.45, 7) is 0. The average molecular weight is 281 g/mol. The van der Waals surface area contributed by atoms with Crippen molar-refractivity contribution in [2.45, 2.75) is 0 Å². The lowest BCUT2D eigenvalue weighted by Gasteiger charge is -2.06. The van der Waals surface area contributed by atoms with Gasteiger partial charge in [0.25, 0.3) is 5.91 Å². The van der Waals surface area contributed by atoms with Gasteiger partial charge >= 0.3 is 5.97 Å². The lowest BCUT2D eigenvalue weighted by Crippen LogP contribution is -2.13. The number of anilines is 1. The van der Waals surface area contributed by atoms with Crippen molar-refractivity contribution in [1.29, 1.82) is 0 Å². The second-order valence-corrected chi connectivity index (χ2v) is 4.43. The van der Waals surface area contributed by atoms with Crippen LogP contribution in [0.2, 0.25) is 0 Å². The van der Waals surface area contributed by atoms with Crippen LogP contribution >= 0.6 is 0 Å². The fraction of sp³-hybridized carbons (Fsp3) is 0. The van der Waals surface area contributed by atoms with E-state index in [1.807, 2.05) is 12.1 Å². The number of H-pyrrole nitrogens is 1. The number of aromatic nitrogens is 2. The SMILES string of the molecule is O=C(O)c1cc(NC(=O)c2cccc3[nH]ccc23)ccn1. The van der Waals surface area contributed by atoms with Crippen LogP contribution in [0.3, 0.4) is 0 Å². The van der Waals surface area contributed by atoms with Gasteiger partial charge in [0.05, 0.1) is 0 Å². The fourth-order valence-corrected chi connectivity index (χ4v) is 2.11. The van der Waals surface area contributed by atoms with E-state index in [-0.39, 0.29) is 11.6 Å². The minimum Gasteiger partial charge on any atom is -0.477 e. The van der Waals surface area contributed by atoms with Crippen LogP contribution in [0.15, 0.2) is 48.8 Å². The highest BCUT2D eigenvalue weighted by Crippen LogP contribution is 2.19. The molecule has 0 spiro atoms. The van der Waals surface area contributed by atoms with Crippen molar-refractivity contribution in [3.05, 3.63) is 60.0 Å². The van der Waals surface area contributed by atoms with Gasteiger partial charge in [-0.3, -0.25) is 4.79 Å². The molecule has 1 amide bonds. The summed E-state index contributed by atoms with van der Waals surface area (Å²) in [4.78, 5) is 29.9. The molecule has 0 saturated carbocycles. The van der Waals surface area contributed by atoms with E-state index in [9.17, 15) is 9.59 Å². The number of amides is 1. The van der Waals surface area contributed by atoms with Crippen LogP contribution in [-0.2, 0) is 0 Å². The first-order chi connectivity index (χ1) is 10.1. The van der Waals surface area contributed by atoms with Gasteiger partial charge < -0.3 is 15.4 Å². The lowest BCUT2D eigenvalue weighted by atomic mass is 10.1. The number of rotatable bonds is 3. The minimum atomic E-state index is -1.14. The van der Waals surface area contributed by atoms with Crippen molar-refractivity contribution in [3.8, 4) is 0 Å². The Kier molecular flexibility index (Phi) is 3.12. The molecule has 2 heterocycles. The van der Waals surface area contributed by atoms with E-state index in [4.69, 9.17) is 5.11 Å². The number of hydrogen-bond donors (Lipinski definition) is 3. The molecule has 0 aliphatic carbocycles. The summed E-state index contributed by atoms with van der Waals surface area (Å²) >= 11 is 0. The van der Waals surface area contributed by atoms with Crippen LogP contribution < -0.4 is 5.32 Å². The van der Waals surface area contributed by atoms with Crippen LogP contribution in [0, 0.1) is 0 Å². The number of aromatic amines is 1. The Morgan fingerprint density at radius 2 is 2.05 bits per heavy atom. The first-order valence-corrected chi connectivity index (χ1v) is 6.22. The Hall–Kier alpha value is -3.15. The van der Waals surface area contributed by atoms with Gasteiger partial charge in [0, 0.05) is 34.5 Å². The van der Waals surface area contributed by atoms with Crippen LogP contribution in [0.25, 0.3) is 10.9 Å². The third-order valence-electron chi connectivity index (χ3n) is 3.08. The maximum Gasteiger partial charge on any atom is 0.354 e. The van der Waals surface area contributed by atoms with Crippen molar-refractivity contribution in [3.63, 3.8) is 0 Å². The van der Waals surface area contributed by atoms with Gasteiger partial charge in [-0.25, -0.2) is 9.78 Å². The minimum absolute atomic E-state index is 0.118. The molecule has 6 heteroatoms. The summed E-state index contributed by atoms with van der Waals surface area (Å²) < 4.78 is 0. The molecule has 0 unspecified atom stereocenters. The zero-order chi connectivity index (χ0) is 14.8. The predicted molar refractivity (Wildman–Crippen MR) is 77.4 cm³/mol. The quantitative estimate of drug-likeness (QED) is 0.687. The van der Waals surface area contributed by atoms with Gasteiger partial charge in [-0.05, 0) is 30.3 Å². The van der Waals surface area contributed by atoms with Crippen molar-refractivity contribution in [1.82, 2.24) is 9.97 Å². The van der Waals surface area contributed by atoms with Gasteiger partial charge in [0.2, 0.25) is 0 Å². The molecule has 0 atom stereocenters. The Labute approximate surface area is 119 Å². The zero-order valence-corrected chi connectivity index (χ0v) is 10.8. The van der Waals surface area contributed by atoms with Crippen molar-refractivity contribution >= 4 is 28.5 Å². The first-order valence-electron chi connectivity index (χ1n) is 6.22. The van der Waals surface area contributed by atoms with Gasteiger partial charge in [0.15, 0.2) is 0 Å². The molecule has 3 aromatic rings. The zero-order valence-electron chi connectivity index (χ0n) is 10.8.